The molecule has 1 aromatic carbocycles. The Hall–Kier alpha value is -2.32. The Balaban J connectivity index is 1.65. The smallest absolute Gasteiger partial charge is 0.234 e. The first kappa shape index (κ1) is 15.6. The molecule has 0 bridgehead atoms. The lowest BCUT2D eigenvalue weighted by atomic mass is 10.2. The Kier molecular flexibility index (Phi) is 4.63. The number of hydrogen-bond acceptors (Lipinski definition) is 4. The van der Waals surface area contributed by atoms with E-state index < -0.39 is 0 Å². The van der Waals surface area contributed by atoms with Gasteiger partial charge < -0.3 is 5.32 Å². The zero-order chi connectivity index (χ0) is 16.2. The van der Waals surface area contributed by atoms with Crippen molar-refractivity contribution in [2.24, 2.45) is 0 Å². The molecule has 1 aliphatic rings. The van der Waals surface area contributed by atoms with Crippen molar-refractivity contribution in [3.8, 4) is 6.07 Å². The molecule has 1 aromatic heterocycles. The van der Waals surface area contributed by atoms with Crippen LogP contribution in [0.5, 0.6) is 0 Å². The Morgan fingerprint density at radius 2 is 2.13 bits per heavy atom. The number of pyridine rings is 1. The highest BCUT2D eigenvalue weighted by Gasteiger charge is 2.17. The summed E-state index contributed by atoms with van der Waals surface area (Å²) < 4.78 is 0. The van der Waals surface area contributed by atoms with E-state index in [9.17, 15) is 10.1 Å². The number of hydrogen-bond donors (Lipinski definition) is 1. The molecule has 3 rings (SSSR count). The lowest BCUT2D eigenvalue weighted by Gasteiger charge is -2.08. The van der Waals surface area contributed by atoms with Crippen LogP contribution >= 0.6 is 11.8 Å². The minimum absolute atomic E-state index is 0.0926. The van der Waals surface area contributed by atoms with Gasteiger partial charge in [0.25, 0.3) is 0 Å². The van der Waals surface area contributed by atoms with Crippen LogP contribution in [0.3, 0.4) is 0 Å². The van der Waals surface area contributed by atoms with Crippen molar-refractivity contribution in [3.63, 3.8) is 0 Å². The summed E-state index contributed by atoms with van der Waals surface area (Å²) in [5.74, 6) is 0.152. The molecule has 1 heterocycles. The summed E-state index contributed by atoms with van der Waals surface area (Å²) in [5.41, 5.74) is 4.75. The molecule has 1 aliphatic carbocycles. The van der Waals surface area contributed by atoms with Gasteiger partial charge in [0.05, 0.1) is 11.3 Å². The van der Waals surface area contributed by atoms with Crippen molar-refractivity contribution in [2.45, 2.75) is 31.2 Å². The number of nitriles is 1. The molecule has 2 aromatic rings. The van der Waals surface area contributed by atoms with Gasteiger partial charge in [0.15, 0.2) is 0 Å². The lowest BCUT2D eigenvalue weighted by molar-refractivity contribution is -0.113. The molecule has 0 saturated heterocycles. The number of anilines is 1. The number of fused-ring (bicyclic) bond motifs is 1. The van der Waals surface area contributed by atoms with E-state index in [-0.39, 0.29) is 11.7 Å². The predicted octanol–water partition coefficient (Wildman–Crippen LogP) is 3.48. The van der Waals surface area contributed by atoms with Crippen LogP contribution in [0.15, 0.2) is 35.4 Å². The first-order chi connectivity index (χ1) is 11.2. The number of nitrogens with zero attached hydrogens (tertiary/aromatic N) is 2. The summed E-state index contributed by atoms with van der Waals surface area (Å²) in [6.45, 7) is 2.00. The van der Waals surface area contributed by atoms with Crippen LogP contribution in [-0.4, -0.2) is 16.6 Å². The fraction of sp³-hybridized carbons (Fsp3) is 0.278. The number of thioether (sulfide) groups is 1. The van der Waals surface area contributed by atoms with Gasteiger partial charge in [-0.2, -0.15) is 5.26 Å². The Labute approximate surface area is 139 Å². The largest absolute Gasteiger partial charge is 0.325 e. The number of nitrogens with one attached hydrogen (secondary N) is 1. The maximum atomic E-state index is 12.1. The number of aryl methyl sites for hydroxylation is 3. The number of amides is 1. The van der Waals surface area contributed by atoms with Crippen LogP contribution in [0, 0.1) is 18.3 Å². The summed E-state index contributed by atoms with van der Waals surface area (Å²) in [7, 11) is 0. The highest BCUT2D eigenvalue weighted by atomic mass is 32.2. The highest BCUT2D eigenvalue weighted by Crippen LogP contribution is 2.27. The van der Waals surface area contributed by atoms with E-state index >= 15 is 0 Å². The Morgan fingerprint density at radius 3 is 2.87 bits per heavy atom. The second-order valence-corrected chi connectivity index (χ2v) is 6.58. The standard InChI is InChI=1S/C18H17N3OS/c1-12-5-7-15(8-6-12)20-17(22)11-23-18-14(10-19)9-13-3-2-4-16(13)21-18/h5-9H,2-4,11H2,1H3,(H,20,22). The number of benzene rings is 1. The van der Waals surface area contributed by atoms with E-state index in [2.05, 4.69) is 16.4 Å². The number of carbonyl (C=O) groups is 1. The predicted molar refractivity (Wildman–Crippen MR) is 91.5 cm³/mol. The molecule has 5 heteroatoms. The zero-order valence-corrected chi connectivity index (χ0v) is 13.7. The minimum atomic E-state index is -0.0926. The van der Waals surface area contributed by atoms with Crippen LogP contribution in [0.1, 0.15) is 28.8 Å². The van der Waals surface area contributed by atoms with Crippen molar-refractivity contribution in [2.75, 3.05) is 11.1 Å². The third-order valence-corrected chi connectivity index (χ3v) is 4.80. The first-order valence-electron chi connectivity index (χ1n) is 7.58. The first-order valence-corrected chi connectivity index (χ1v) is 8.56. The van der Waals surface area contributed by atoms with Crippen molar-refractivity contribution in [1.82, 2.24) is 4.98 Å². The number of rotatable bonds is 4. The lowest BCUT2D eigenvalue weighted by Crippen LogP contribution is -2.14. The van der Waals surface area contributed by atoms with Crippen LogP contribution in [-0.2, 0) is 17.6 Å². The molecule has 1 amide bonds. The molecule has 23 heavy (non-hydrogen) atoms. The van der Waals surface area contributed by atoms with Crippen molar-refractivity contribution >= 4 is 23.4 Å². The van der Waals surface area contributed by atoms with E-state index in [0.717, 1.165) is 36.2 Å². The number of aromatic nitrogens is 1. The quantitative estimate of drug-likeness (QED) is 0.875. The average Bonchev–Trinajstić information content (AvgIpc) is 3.01. The molecule has 0 fully saturated rings. The van der Waals surface area contributed by atoms with E-state index in [4.69, 9.17) is 0 Å². The molecular formula is C18H17N3OS. The Morgan fingerprint density at radius 1 is 1.35 bits per heavy atom. The van der Waals surface area contributed by atoms with Gasteiger partial charge in [-0.05, 0) is 49.9 Å². The molecule has 0 aliphatic heterocycles. The third kappa shape index (κ3) is 3.72. The van der Waals surface area contributed by atoms with Gasteiger partial charge in [0.2, 0.25) is 5.91 Å². The zero-order valence-electron chi connectivity index (χ0n) is 12.9. The molecule has 0 unspecified atom stereocenters. The van der Waals surface area contributed by atoms with Gasteiger partial charge in [0, 0.05) is 11.4 Å². The fourth-order valence-corrected chi connectivity index (χ4v) is 3.39. The Bertz CT molecular complexity index is 778. The van der Waals surface area contributed by atoms with Crippen molar-refractivity contribution in [1.29, 1.82) is 5.26 Å². The summed E-state index contributed by atoms with van der Waals surface area (Å²) in [4.78, 5) is 16.6. The van der Waals surface area contributed by atoms with Gasteiger partial charge >= 0.3 is 0 Å². The summed E-state index contributed by atoms with van der Waals surface area (Å²) in [6.07, 6.45) is 3.05. The molecule has 0 radical (unpaired) electrons. The third-order valence-electron chi connectivity index (χ3n) is 3.81. The maximum Gasteiger partial charge on any atom is 0.234 e. The van der Waals surface area contributed by atoms with Gasteiger partial charge in [-0.3, -0.25) is 4.79 Å². The topological polar surface area (TPSA) is 65.8 Å². The van der Waals surface area contributed by atoms with Crippen molar-refractivity contribution < 1.29 is 4.79 Å². The minimum Gasteiger partial charge on any atom is -0.325 e. The number of carbonyl (C=O) groups excluding carboxylic acids is 1. The van der Waals surface area contributed by atoms with E-state index in [0.29, 0.717) is 10.6 Å². The normalized spacial score (nSPS) is 12.5. The summed E-state index contributed by atoms with van der Waals surface area (Å²) in [5, 5.41) is 12.8. The molecule has 0 spiro atoms. The van der Waals surface area contributed by atoms with Crippen LogP contribution < -0.4 is 5.32 Å². The molecule has 4 nitrogen and oxygen atoms in total. The fourth-order valence-electron chi connectivity index (χ4n) is 2.61. The average molecular weight is 323 g/mol. The molecule has 1 N–H and O–H groups in total. The van der Waals surface area contributed by atoms with E-state index in [1.165, 1.54) is 17.3 Å². The van der Waals surface area contributed by atoms with E-state index in [1.807, 2.05) is 37.3 Å². The molecule has 0 saturated carbocycles. The van der Waals surface area contributed by atoms with Gasteiger partial charge in [-0.1, -0.05) is 29.5 Å². The van der Waals surface area contributed by atoms with Crippen LogP contribution in [0.4, 0.5) is 5.69 Å². The van der Waals surface area contributed by atoms with Crippen molar-refractivity contribution in [3.05, 3.63) is 52.7 Å². The van der Waals surface area contributed by atoms with Crippen LogP contribution in [0.25, 0.3) is 0 Å². The molecular weight excluding hydrogens is 306 g/mol. The van der Waals surface area contributed by atoms with Gasteiger partial charge in [-0.25, -0.2) is 4.98 Å². The second-order valence-electron chi connectivity index (χ2n) is 5.62. The second kappa shape index (κ2) is 6.84. The van der Waals surface area contributed by atoms with E-state index in [1.54, 1.807) is 0 Å². The monoisotopic (exact) mass is 323 g/mol. The van der Waals surface area contributed by atoms with Crippen LogP contribution in [0.2, 0.25) is 0 Å². The van der Waals surface area contributed by atoms with Gasteiger partial charge in [-0.15, -0.1) is 0 Å². The molecule has 116 valence electrons. The SMILES string of the molecule is Cc1ccc(NC(=O)CSc2nc3c(cc2C#N)CCC3)cc1. The summed E-state index contributed by atoms with van der Waals surface area (Å²) >= 11 is 1.32. The molecule has 0 atom stereocenters. The highest BCUT2D eigenvalue weighted by molar-refractivity contribution is 8.00. The summed E-state index contributed by atoms with van der Waals surface area (Å²) in [6, 6.07) is 11.8. The van der Waals surface area contributed by atoms with Gasteiger partial charge in [0.1, 0.15) is 11.1 Å². The maximum absolute atomic E-state index is 12.1.